The number of carboxylic acid groups (broad SMARTS) is 1. The minimum absolute atomic E-state index is 0.112. The topological polar surface area (TPSA) is 82.5 Å². The molecule has 0 aliphatic rings. The number of carboxylic acids is 1. The van der Waals surface area contributed by atoms with Gasteiger partial charge in [0.1, 0.15) is 5.82 Å². The molecule has 0 atom stereocenters. The molecule has 0 saturated heterocycles. The number of aryl methyl sites for hydroxylation is 1. The number of carbonyl (C=O) groups excluding carboxylic acids is 1. The predicted molar refractivity (Wildman–Crippen MR) is 67.9 cm³/mol. The van der Waals surface area contributed by atoms with E-state index in [1.807, 2.05) is 6.92 Å². The molecule has 1 rings (SSSR count). The van der Waals surface area contributed by atoms with Crippen LogP contribution in [0.3, 0.4) is 0 Å². The van der Waals surface area contributed by atoms with Gasteiger partial charge in [-0.3, -0.25) is 4.79 Å². The number of hydrogen-bond donors (Lipinski definition) is 2. The van der Waals surface area contributed by atoms with E-state index < -0.39 is 5.97 Å². The highest BCUT2D eigenvalue weighted by Gasteiger charge is 2.13. The Hall–Kier alpha value is -2.11. The van der Waals surface area contributed by atoms with Crippen molar-refractivity contribution in [2.45, 2.75) is 13.8 Å². The van der Waals surface area contributed by atoms with Crippen LogP contribution in [0.25, 0.3) is 0 Å². The molecular weight excluding hydrogens is 234 g/mol. The average molecular weight is 251 g/mol. The number of likely N-dealkylation sites (N-methyl/N-ethyl adjacent to an activating group) is 2. The van der Waals surface area contributed by atoms with E-state index in [9.17, 15) is 9.59 Å². The molecule has 6 heteroatoms. The van der Waals surface area contributed by atoms with Gasteiger partial charge in [0.15, 0.2) is 0 Å². The normalized spacial score (nSPS) is 9.94. The Morgan fingerprint density at radius 3 is 2.56 bits per heavy atom. The van der Waals surface area contributed by atoms with Crippen LogP contribution in [-0.4, -0.2) is 42.1 Å². The van der Waals surface area contributed by atoms with Crippen LogP contribution in [0.4, 0.5) is 5.82 Å². The average Bonchev–Trinajstić information content (AvgIpc) is 2.34. The lowest BCUT2D eigenvalue weighted by Gasteiger charge is -2.21. The number of aromatic carboxylic acids is 1. The van der Waals surface area contributed by atoms with Gasteiger partial charge in [-0.15, -0.1) is 0 Å². The van der Waals surface area contributed by atoms with Crippen LogP contribution >= 0.6 is 0 Å². The van der Waals surface area contributed by atoms with E-state index in [1.54, 1.807) is 24.9 Å². The first kappa shape index (κ1) is 14.0. The third-order valence-electron chi connectivity index (χ3n) is 2.62. The number of nitrogens with zero attached hydrogens (tertiary/aromatic N) is 2. The van der Waals surface area contributed by atoms with Crippen molar-refractivity contribution in [2.24, 2.45) is 0 Å². The van der Waals surface area contributed by atoms with E-state index in [0.717, 1.165) is 0 Å². The van der Waals surface area contributed by atoms with Crippen molar-refractivity contribution in [2.75, 3.05) is 25.0 Å². The number of rotatable bonds is 5. The first-order valence-electron chi connectivity index (χ1n) is 5.66. The third kappa shape index (κ3) is 3.19. The van der Waals surface area contributed by atoms with Crippen molar-refractivity contribution >= 4 is 17.7 Å². The van der Waals surface area contributed by atoms with Gasteiger partial charge in [-0.1, -0.05) is 0 Å². The van der Waals surface area contributed by atoms with E-state index in [2.05, 4.69) is 10.3 Å². The lowest BCUT2D eigenvalue weighted by Crippen LogP contribution is -2.36. The van der Waals surface area contributed by atoms with Crippen LogP contribution in [0.15, 0.2) is 12.1 Å². The highest BCUT2D eigenvalue weighted by atomic mass is 16.4. The molecule has 1 aromatic rings. The van der Waals surface area contributed by atoms with Crippen LogP contribution in [-0.2, 0) is 4.79 Å². The number of nitrogens with one attached hydrogen (secondary N) is 1. The Morgan fingerprint density at radius 2 is 2.11 bits per heavy atom. The van der Waals surface area contributed by atoms with Crippen LogP contribution in [0.2, 0.25) is 0 Å². The second kappa shape index (κ2) is 6.00. The highest BCUT2D eigenvalue weighted by Crippen LogP contribution is 2.14. The Bertz CT molecular complexity index is 460. The number of anilines is 1. The van der Waals surface area contributed by atoms with E-state index in [-0.39, 0.29) is 18.0 Å². The Kier molecular flexibility index (Phi) is 4.65. The molecule has 1 amide bonds. The summed E-state index contributed by atoms with van der Waals surface area (Å²) >= 11 is 0. The van der Waals surface area contributed by atoms with Gasteiger partial charge in [0.05, 0.1) is 17.8 Å². The maximum absolute atomic E-state index is 11.3. The summed E-state index contributed by atoms with van der Waals surface area (Å²) in [6, 6.07) is 3.12. The molecule has 0 radical (unpaired) electrons. The van der Waals surface area contributed by atoms with Crippen molar-refractivity contribution < 1.29 is 14.7 Å². The standard InChI is InChI=1S/C12H17N3O3/c1-4-15(7-11(16)13-3)10-6-5-9(12(17)18)8(2)14-10/h5-6H,4,7H2,1-3H3,(H,13,16)(H,17,18). The van der Waals surface area contributed by atoms with E-state index in [0.29, 0.717) is 18.1 Å². The number of pyridine rings is 1. The molecular formula is C12H17N3O3. The zero-order chi connectivity index (χ0) is 13.7. The molecule has 0 fully saturated rings. The lowest BCUT2D eigenvalue weighted by atomic mass is 10.2. The van der Waals surface area contributed by atoms with E-state index >= 15 is 0 Å². The van der Waals surface area contributed by atoms with Crippen molar-refractivity contribution in [3.8, 4) is 0 Å². The first-order valence-corrected chi connectivity index (χ1v) is 5.66. The Morgan fingerprint density at radius 1 is 1.44 bits per heavy atom. The number of aromatic nitrogens is 1. The largest absolute Gasteiger partial charge is 0.478 e. The molecule has 18 heavy (non-hydrogen) atoms. The maximum atomic E-state index is 11.3. The molecule has 1 heterocycles. The molecule has 0 aliphatic heterocycles. The molecule has 0 aromatic carbocycles. The number of hydrogen-bond acceptors (Lipinski definition) is 4. The van der Waals surface area contributed by atoms with Crippen molar-refractivity contribution in [1.29, 1.82) is 0 Å². The van der Waals surface area contributed by atoms with Crippen molar-refractivity contribution in [1.82, 2.24) is 10.3 Å². The summed E-state index contributed by atoms with van der Waals surface area (Å²) in [6.07, 6.45) is 0. The summed E-state index contributed by atoms with van der Waals surface area (Å²) in [6.45, 7) is 4.36. The monoisotopic (exact) mass is 251 g/mol. The van der Waals surface area contributed by atoms with Crippen LogP contribution < -0.4 is 10.2 Å². The zero-order valence-corrected chi connectivity index (χ0v) is 10.7. The molecule has 6 nitrogen and oxygen atoms in total. The number of amides is 1. The van der Waals surface area contributed by atoms with E-state index in [1.165, 1.54) is 6.07 Å². The maximum Gasteiger partial charge on any atom is 0.337 e. The summed E-state index contributed by atoms with van der Waals surface area (Å²) in [7, 11) is 1.57. The smallest absolute Gasteiger partial charge is 0.337 e. The lowest BCUT2D eigenvalue weighted by molar-refractivity contribution is -0.119. The first-order chi connectivity index (χ1) is 8.49. The predicted octanol–water partition coefficient (Wildman–Crippen LogP) is 0.661. The summed E-state index contributed by atoms with van der Waals surface area (Å²) in [5, 5.41) is 11.5. The fourth-order valence-electron chi connectivity index (χ4n) is 1.56. The van der Waals surface area contributed by atoms with Crippen LogP contribution in [0, 0.1) is 6.92 Å². The molecule has 0 saturated carbocycles. The van der Waals surface area contributed by atoms with Crippen LogP contribution in [0.5, 0.6) is 0 Å². The minimum atomic E-state index is -0.999. The quantitative estimate of drug-likeness (QED) is 0.803. The highest BCUT2D eigenvalue weighted by molar-refractivity contribution is 5.89. The molecule has 2 N–H and O–H groups in total. The summed E-state index contributed by atoms with van der Waals surface area (Å²) in [4.78, 5) is 28.2. The number of carbonyl (C=O) groups is 2. The molecule has 0 unspecified atom stereocenters. The van der Waals surface area contributed by atoms with Gasteiger partial charge < -0.3 is 15.3 Å². The fraction of sp³-hybridized carbons (Fsp3) is 0.417. The Labute approximate surface area is 106 Å². The van der Waals surface area contributed by atoms with Gasteiger partial charge in [-0.2, -0.15) is 0 Å². The fourth-order valence-corrected chi connectivity index (χ4v) is 1.56. The van der Waals surface area contributed by atoms with Crippen LogP contribution in [0.1, 0.15) is 23.0 Å². The zero-order valence-electron chi connectivity index (χ0n) is 10.7. The van der Waals surface area contributed by atoms with Gasteiger partial charge in [0.25, 0.3) is 0 Å². The van der Waals surface area contributed by atoms with E-state index in [4.69, 9.17) is 5.11 Å². The SMILES string of the molecule is CCN(CC(=O)NC)c1ccc(C(=O)O)c(C)n1. The van der Waals surface area contributed by atoms with Crippen molar-refractivity contribution in [3.63, 3.8) is 0 Å². The van der Waals surface area contributed by atoms with Gasteiger partial charge >= 0.3 is 5.97 Å². The molecule has 0 bridgehead atoms. The second-order valence-electron chi connectivity index (χ2n) is 3.79. The summed E-state index contributed by atoms with van der Waals surface area (Å²) in [5.41, 5.74) is 0.616. The summed E-state index contributed by atoms with van der Waals surface area (Å²) < 4.78 is 0. The van der Waals surface area contributed by atoms with Gasteiger partial charge in [-0.05, 0) is 26.0 Å². The molecule has 0 aliphatic carbocycles. The Balaban J connectivity index is 2.97. The van der Waals surface area contributed by atoms with Gasteiger partial charge in [-0.25, -0.2) is 9.78 Å². The minimum Gasteiger partial charge on any atom is -0.478 e. The van der Waals surface area contributed by atoms with Crippen molar-refractivity contribution in [3.05, 3.63) is 23.4 Å². The van der Waals surface area contributed by atoms with Gasteiger partial charge in [0, 0.05) is 13.6 Å². The molecule has 1 aromatic heterocycles. The third-order valence-corrected chi connectivity index (χ3v) is 2.62. The molecule has 98 valence electrons. The van der Waals surface area contributed by atoms with Gasteiger partial charge in [0.2, 0.25) is 5.91 Å². The summed E-state index contributed by atoms with van der Waals surface area (Å²) in [5.74, 6) is -0.511. The molecule has 0 spiro atoms. The second-order valence-corrected chi connectivity index (χ2v) is 3.79.